The molecule has 2 amide bonds. The number of amides is 2. The highest BCUT2D eigenvalue weighted by Gasteiger charge is 2.29. The van der Waals surface area contributed by atoms with E-state index < -0.39 is 17.2 Å². The summed E-state index contributed by atoms with van der Waals surface area (Å²) in [6.07, 6.45) is 3.60. The second-order valence-corrected chi connectivity index (χ2v) is 12.1. The van der Waals surface area contributed by atoms with Crippen LogP contribution < -0.4 is 46.7 Å². The average Bonchev–Trinajstić information content (AvgIpc) is 3.34. The molecule has 264 valence electrons. The molecule has 0 spiro atoms. The summed E-state index contributed by atoms with van der Waals surface area (Å²) in [5, 5.41) is 9.09. The van der Waals surface area contributed by atoms with Gasteiger partial charge in [0.1, 0.15) is 0 Å². The number of ether oxygens (including phenoxy) is 3. The maximum atomic E-state index is 13.5. The summed E-state index contributed by atoms with van der Waals surface area (Å²) in [6.45, 7) is 2.37. The number of hydrogen-bond donors (Lipinski definition) is 4. The summed E-state index contributed by atoms with van der Waals surface area (Å²) in [7, 11) is 4.67. The molecule has 4 aromatic rings. The van der Waals surface area contributed by atoms with Gasteiger partial charge < -0.3 is 39.7 Å². The summed E-state index contributed by atoms with van der Waals surface area (Å²) >= 11 is 0. The quantitative estimate of drug-likeness (QED) is 0.114. The van der Waals surface area contributed by atoms with Crippen molar-refractivity contribution in [2.75, 3.05) is 39.7 Å². The predicted molar refractivity (Wildman–Crippen MR) is 191 cm³/mol. The number of H-pyrrole nitrogens is 1. The highest BCUT2D eigenvalue weighted by molar-refractivity contribution is 5.84. The molecule has 13 nitrogen and oxygen atoms in total. The van der Waals surface area contributed by atoms with Crippen LogP contribution in [-0.4, -0.2) is 55.8 Å². The second kappa shape index (κ2) is 16.2. The first-order valence-corrected chi connectivity index (χ1v) is 16.7. The van der Waals surface area contributed by atoms with Crippen molar-refractivity contribution in [3.05, 3.63) is 90.6 Å². The largest absolute Gasteiger partial charge is 0.493 e. The minimum Gasteiger partial charge on any atom is -0.493 e. The topological polar surface area (TPSA) is 170 Å². The molecule has 1 aliphatic carbocycles. The van der Waals surface area contributed by atoms with E-state index in [2.05, 4.69) is 20.9 Å². The zero-order chi connectivity index (χ0) is 35.8. The van der Waals surface area contributed by atoms with Gasteiger partial charge in [-0.05, 0) is 72.7 Å². The van der Waals surface area contributed by atoms with Gasteiger partial charge in [-0.1, -0.05) is 24.6 Å². The van der Waals surface area contributed by atoms with E-state index in [4.69, 9.17) is 14.2 Å². The van der Waals surface area contributed by atoms with Crippen LogP contribution in [0.15, 0.2) is 62.9 Å². The van der Waals surface area contributed by atoms with Crippen LogP contribution in [0.2, 0.25) is 0 Å². The van der Waals surface area contributed by atoms with Gasteiger partial charge in [-0.15, -0.1) is 0 Å². The number of carbonyl (C=O) groups is 2. The number of para-hydroxylation sites is 2. The number of rotatable bonds is 14. The van der Waals surface area contributed by atoms with Crippen LogP contribution in [0.5, 0.6) is 17.2 Å². The molecule has 5 rings (SSSR count). The second-order valence-electron chi connectivity index (χ2n) is 12.1. The van der Waals surface area contributed by atoms with E-state index in [0.29, 0.717) is 71.8 Å². The number of anilines is 1. The van der Waals surface area contributed by atoms with Crippen LogP contribution in [0.3, 0.4) is 0 Å². The molecular formula is C37H43N5O8. The van der Waals surface area contributed by atoms with Gasteiger partial charge in [-0.3, -0.25) is 24.0 Å². The van der Waals surface area contributed by atoms with Crippen molar-refractivity contribution >= 4 is 28.5 Å². The van der Waals surface area contributed by atoms with Crippen molar-refractivity contribution < 1.29 is 23.8 Å². The fourth-order valence-electron chi connectivity index (χ4n) is 6.50. The molecule has 1 atom stereocenters. The third-order valence-electron chi connectivity index (χ3n) is 8.85. The molecule has 0 fully saturated rings. The zero-order valence-electron chi connectivity index (χ0n) is 28.8. The molecule has 0 saturated carbocycles. The van der Waals surface area contributed by atoms with Crippen LogP contribution in [0.4, 0.5) is 5.69 Å². The van der Waals surface area contributed by atoms with Crippen molar-refractivity contribution in [3.63, 3.8) is 0 Å². The van der Waals surface area contributed by atoms with Gasteiger partial charge in [-0.2, -0.15) is 0 Å². The lowest BCUT2D eigenvalue weighted by atomic mass is 9.95. The zero-order valence-corrected chi connectivity index (χ0v) is 28.8. The molecule has 50 heavy (non-hydrogen) atoms. The lowest BCUT2D eigenvalue weighted by Crippen LogP contribution is -2.39. The van der Waals surface area contributed by atoms with Crippen molar-refractivity contribution in [2.24, 2.45) is 0 Å². The van der Waals surface area contributed by atoms with Gasteiger partial charge in [0.05, 0.1) is 44.1 Å². The SMILES string of the molecule is COc1cc2c(c(OC)c1OC)-c1ccc(NCCCCCC(=O)NCCn3c(=O)c(=O)[nH]c4ccccc43)c(=O)cc1C(NC(C)=O)CC2. The van der Waals surface area contributed by atoms with Crippen molar-refractivity contribution in [1.82, 2.24) is 20.2 Å². The lowest BCUT2D eigenvalue weighted by Gasteiger charge is -2.19. The number of fused-ring (bicyclic) bond motifs is 4. The van der Waals surface area contributed by atoms with Crippen molar-refractivity contribution in [1.29, 1.82) is 0 Å². The van der Waals surface area contributed by atoms with Crippen LogP contribution in [0.1, 0.15) is 56.2 Å². The van der Waals surface area contributed by atoms with Gasteiger partial charge in [-0.25, -0.2) is 0 Å². The van der Waals surface area contributed by atoms with Gasteiger partial charge in [0.15, 0.2) is 11.5 Å². The summed E-state index contributed by atoms with van der Waals surface area (Å²) < 4.78 is 18.5. The minimum absolute atomic E-state index is 0.141. The number of hydrogen-bond acceptors (Lipinski definition) is 9. The number of methoxy groups -OCH3 is 3. The number of nitrogens with zero attached hydrogens (tertiary/aromatic N) is 1. The first kappa shape index (κ1) is 35.7. The van der Waals surface area contributed by atoms with Gasteiger partial charge in [0, 0.05) is 38.5 Å². The third-order valence-corrected chi connectivity index (χ3v) is 8.85. The molecule has 0 radical (unpaired) electrons. The average molecular weight is 686 g/mol. The Morgan fingerprint density at radius 3 is 2.44 bits per heavy atom. The predicted octanol–water partition coefficient (Wildman–Crippen LogP) is 3.65. The van der Waals surface area contributed by atoms with E-state index in [-0.39, 0.29) is 30.3 Å². The number of carbonyl (C=O) groups excluding carboxylic acids is 2. The monoisotopic (exact) mass is 685 g/mol. The highest BCUT2D eigenvalue weighted by Crippen LogP contribution is 2.50. The van der Waals surface area contributed by atoms with Crippen molar-refractivity contribution in [2.45, 2.75) is 58.0 Å². The fraction of sp³-hybridized carbons (Fsp3) is 0.378. The molecular weight excluding hydrogens is 642 g/mol. The lowest BCUT2D eigenvalue weighted by molar-refractivity contribution is -0.121. The Hall–Kier alpha value is -5.59. The minimum atomic E-state index is -0.700. The van der Waals surface area contributed by atoms with Crippen LogP contribution in [-0.2, 0) is 22.6 Å². The summed E-state index contributed by atoms with van der Waals surface area (Å²) in [4.78, 5) is 65.1. The Morgan fingerprint density at radius 2 is 1.70 bits per heavy atom. The first-order valence-electron chi connectivity index (χ1n) is 16.7. The molecule has 4 N–H and O–H groups in total. The van der Waals surface area contributed by atoms with Crippen LogP contribution in [0.25, 0.3) is 22.2 Å². The van der Waals surface area contributed by atoms with Crippen LogP contribution >= 0.6 is 0 Å². The number of benzene rings is 2. The van der Waals surface area contributed by atoms with Gasteiger partial charge in [0.25, 0.3) is 0 Å². The summed E-state index contributed by atoms with van der Waals surface area (Å²) in [5.41, 5.74) is 3.17. The molecule has 1 heterocycles. The maximum Gasteiger partial charge on any atom is 0.316 e. The van der Waals surface area contributed by atoms with Gasteiger partial charge >= 0.3 is 11.1 Å². The Labute approximate surface area is 289 Å². The molecule has 1 aromatic heterocycles. The molecule has 0 aliphatic heterocycles. The normalized spacial score (nSPS) is 13.4. The van der Waals surface area contributed by atoms with E-state index in [0.717, 1.165) is 29.5 Å². The number of aryl methyl sites for hydroxylation is 1. The van der Waals surface area contributed by atoms with E-state index in [1.54, 1.807) is 57.7 Å². The molecule has 3 aromatic carbocycles. The number of unbranched alkanes of at least 4 members (excludes halogenated alkanes) is 2. The smallest absolute Gasteiger partial charge is 0.316 e. The molecule has 0 bridgehead atoms. The Balaban J connectivity index is 1.21. The standard InChI is InChI=1S/C37H43N5O8/c1-22(43)40-26-15-13-23-20-31(48-2)34(49-3)35(50-4)33(23)24-14-16-28(30(44)21-25(24)26)38-17-9-5-6-12-32(45)39-18-19-42-29-11-8-7-10-27(29)41-36(46)37(42)47/h7-8,10-11,14,16,20-21,26H,5-6,9,12-13,15,17-19H2,1-4H3,(H,38,44)(H,39,45)(H,40,43)(H,41,46). The van der Waals surface area contributed by atoms with E-state index in [9.17, 15) is 24.0 Å². The van der Waals surface area contributed by atoms with E-state index in [1.165, 1.54) is 11.5 Å². The fourth-order valence-corrected chi connectivity index (χ4v) is 6.50. The molecule has 13 heteroatoms. The Bertz CT molecular complexity index is 2070. The molecule has 1 unspecified atom stereocenters. The number of aromatic amines is 1. The number of aromatic nitrogens is 2. The van der Waals surface area contributed by atoms with Crippen LogP contribution in [0, 0.1) is 0 Å². The molecule has 1 aliphatic rings. The molecule has 0 saturated heterocycles. The highest BCUT2D eigenvalue weighted by atomic mass is 16.5. The maximum absolute atomic E-state index is 13.5. The van der Waals surface area contributed by atoms with E-state index in [1.807, 2.05) is 12.1 Å². The van der Waals surface area contributed by atoms with Gasteiger partial charge in [0.2, 0.25) is 23.0 Å². The third kappa shape index (κ3) is 7.82. The van der Waals surface area contributed by atoms with E-state index >= 15 is 0 Å². The Kier molecular flexibility index (Phi) is 11.6. The van der Waals surface area contributed by atoms with Crippen molar-refractivity contribution in [3.8, 4) is 28.4 Å². The number of nitrogens with one attached hydrogen (secondary N) is 4. The first-order chi connectivity index (χ1) is 24.2. The summed E-state index contributed by atoms with van der Waals surface area (Å²) in [5.74, 6) is 1.12. The Morgan fingerprint density at radius 1 is 0.920 bits per heavy atom. The summed E-state index contributed by atoms with van der Waals surface area (Å²) in [6, 6.07) is 13.7.